The van der Waals surface area contributed by atoms with Crippen LogP contribution in [0.3, 0.4) is 0 Å². The molecular weight excluding hydrogens is 288 g/mol. The van der Waals surface area contributed by atoms with Crippen molar-refractivity contribution in [2.75, 3.05) is 18.0 Å². The molecule has 1 aliphatic rings. The molecule has 1 saturated heterocycles. The molecule has 0 spiro atoms. The molecule has 0 saturated carbocycles. The average Bonchev–Trinajstić information content (AvgIpc) is 3.10. The van der Waals surface area contributed by atoms with E-state index in [1.807, 2.05) is 36.4 Å². The zero-order chi connectivity index (χ0) is 16.2. The van der Waals surface area contributed by atoms with Crippen molar-refractivity contribution in [1.82, 2.24) is 0 Å². The molecule has 0 bridgehead atoms. The van der Waals surface area contributed by atoms with E-state index in [0.717, 1.165) is 35.5 Å². The molecule has 2 aromatic rings. The van der Waals surface area contributed by atoms with Gasteiger partial charge in [-0.25, -0.2) is 0 Å². The number of aliphatic hydroxyl groups is 1. The third kappa shape index (κ3) is 3.54. The number of rotatable bonds is 5. The highest BCUT2D eigenvalue weighted by atomic mass is 16.3. The first-order valence-corrected chi connectivity index (χ1v) is 8.04. The van der Waals surface area contributed by atoms with E-state index in [1.165, 1.54) is 12.8 Å². The third-order valence-electron chi connectivity index (χ3n) is 4.43. The van der Waals surface area contributed by atoms with Gasteiger partial charge in [0.1, 0.15) is 0 Å². The number of nitrogens with two attached hydrogens (primary N) is 1. The molecule has 0 atom stereocenters. The van der Waals surface area contributed by atoms with Crippen LogP contribution in [0.25, 0.3) is 0 Å². The van der Waals surface area contributed by atoms with Crippen LogP contribution in [-0.2, 0) is 13.0 Å². The number of carbonyl (C=O) groups excluding carboxylic acids is 1. The Labute approximate surface area is 136 Å². The van der Waals surface area contributed by atoms with Gasteiger partial charge in [-0.15, -0.1) is 0 Å². The van der Waals surface area contributed by atoms with E-state index in [4.69, 9.17) is 10.8 Å². The first-order valence-electron chi connectivity index (χ1n) is 8.04. The molecule has 1 amide bonds. The molecule has 3 N–H and O–H groups in total. The molecule has 23 heavy (non-hydrogen) atoms. The van der Waals surface area contributed by atoms with Gasteiger partial charge in [0, 0.05) is 24.3 Å². The lowest BCUT2D eigenvalue weighted by atomic mass is 9.97. The maximum atomic E-state index is 11.7. The second-order valence-corrected chi connectivity index (χ2v) is 6.05. The largest absolute Gasteiger partial charge is 0.392 e. The van der Waals surface area contributed by atoms with E-state index in [1.54, 1.807) is 0 Å². The molecule has 1 aliphatic heterocycles. The normalized spacial score (nSPS) is 14.2. The van der Waals surface area contributed by atoms with Gasteiger partial charge in [-0.05, 0) is 54.2 Å². The van der Waals surface area contributed by atoms with Crippen molar-refractivity contribution in [2.45, 2.75) is 25.9 Å². The molecule has 4 nitrogen and oxygen atoms in total. The summed E-state index contributed by atoms with van der Waals surface area (Å²) in [6, 6.07) is 13.7. The van der Waals surface area contributed by atoms with E-state index >= 15 is 0 Å². The number of benzene rings is 2. The van der Waals surface area contributed by atoms with Gasteiger partial charge < -0.3 is 15.7 Å². The Bertz CT molecular complexity index is 689. The van der Waals surface area contributed by atoms with E-state index < -0.39 is 0 Å². The number of hydrogen-bond donors (Lipinski definition) is 2. The lowest BCUT2D eigenvalue weighted by molar-refractivity contribution is 0.0999. The third-order valence-corrected chi connectivity index (χ3v) is 4.43. The fourth-order valence-electron chi connectivity index (χ4n) is 3.12. The second kappa shape index (κ2) is 6.84. The zero-order valence-corrected chi connectivity index (χ0v) is 13.2. The van der Waals surface area contributed by atoms with Gasteiger partial charge in [0.15, 0.2) is 0 Å². The maximum absolute atomic E-state index is 11.7. The van der Waals surface area contributed by atoms with Crippen molar-refractivity contribution < 1.29 is 9.90 Å². The number of hydrogen-bond acceptors (Lipinski definition) is 3. The summed E-state index contributed by atoms with van der Waals surface area (Å²) in [5.41, 5.74) is 10.2. The summed E-state index contributed by atoms with van der Waals surface area (Å²) in [5.74, 6) is -0.389. The molecule has 0 aromatic heterocycles. The second-order valence-electron chi connectivity index (χ2n) is 6.05. The predicted molar refractivity (Wildman–Crippen MR) is 91.6 cm³/mol. The first-order chi connectivity index (χ1) is 11.2. The van der Waals surface area contributed by atoms with Crippen molar-refractivity contribution in [3.63, 3.8) is 0 Å². The molecule has 3 rings (SSSR count). The first kappa shape index (κ1) is 15.6. The molecule has 1 heterocycles. The maximum Gasteiger partial charge on any atom is 0.248 e. The lowest BCUT2D eigenvalue weighted by Gasteiger charge is -2.19. The van der Waals surface area contributed by atoms with Crippen LogP contribution in [0, 0.1) is 0 Å². The van der Waals surface area contributed by atoms with Crippen LogP contribution in [0.15, 0.2) is 42.5 Å². The van der Waals surface area contributed by atoms with Gasteiger partial charge in [-0.3, -0.25) is 4.79 Å². The van der Waals surface area contributed by atoms with Gasteiger partial charge in [-0.1, -0.05) is 24.3 Å². The quantitative estimate of drug-likeness (QED) is 0.891. The summed E-state index contributed by atoms with van der Waals surface area (Å²) in [4.78, 5) is 14.1. The van der Waals surface area contributed by atoms with Crippen molar-refractivity contribution >= 4 is 11.6 Å². The van der Waals surface area contributed by atoms with Crippen LogP contribution >= 0.6 is 0 Å². The minimum Gasteiger partial charge on any atom is -0.392 e. The Morgan fingerprint density at radius 1 is 1.04 bits per heavy atom. The fraction of sp³-hybridized carbons (Fsp3) is 0.316. The van der Waals surface area contributed by atoms with Crippen molar-refractivity contribution in [1.29, 1.82) is 0 Å². The Morgan fingerprint density at radius 2 is 1.70 bits per heavy atom. The summed E-state index contributed by atoms with van der Waals surface area (Å²) >= 11 is 0. The molecule has 4 heteroatoms. The molecule has 120 valence electrons. The number of primary amides is 1. The Balaban J connectivity index is 1.90. The van der Waals surface area contributed by atoms with Gasteiger partial charge in [-0.2, -0.15) is 0 Å². The van der Waals surface area contributed by atoms with E-state index in [9.17, 15) is 4.79 Å². The SMILES string of the molecule is NC(=O)c1ccc(N2CCCC2)cc1Cc1ccc(CO)cc1. The van der Waals surface area contributed by atoms with Crippen LogP contribution in [0.4, 0.5) is 5.69 Å². The minimum atomic E-state index is -0.389. The number of anilines is 1. The summed E-state index contributed by atoms with van der Waals surface area (Å²) in [6.45, 7) is 2.18. The van der Waals surface area contributed by atoms with E-state index in [0.29, 0.717) is 12.0 Å². The van der Waals surface area contributed by atoms with Gasteiger partial charge in [0.05, 0.1) is 6.61 Å². The minimum absolute atomic E-state index is 0.0389. The Morgan fingerprint density at radius 3 is 2.30 bits per heavy atom. The van der Waals surface area contributed by atoms with E-state index in [-0.39, 0.29) is 12.5 Å². The summed E-state index contributed by atoms with van der Waals surface area (Å²) in [7, 11) is 0. The predicted octanol–water partition coefficient (Wildman–Crippen LogP) is 2.47. The molecule has 1 fully saturated rings. The molecule has 0 unspecified atom stereocenters. The molecule has 0 radical (unpaired) electrons. The van der Waals surface area contributed by atoms with Crippen molar-refractivity contribution in [3.8, 4) is 0 Å². The molecule has 2 aromatic carbocycles. The monoisotopic (exact) mass is 310 g/mol. The molecule has 0 aliphatic carbocycles. The Hall–Kier alpha value is -2.33. The van der Waals surface area contributed by atoms with Crippen molar-refractivity contribution in [2.24, 2.45) is 5.73 Å². The van der Waals surface area contributed by atoms with Crippen LogP contribution in [-0.4, -0.2) is 24.1 Å². The van der Waals surface area contributed by atoms with Gasteiger partial charge in [0.2, 0.25) is 5.91 Å². The molecular formula is C19H22N2O2. The van der Waals surface area contributed by atoms with Crippen LogP contribution in [0.1, 0.15) is 39.9 Å². The smallest absolute Gasteiger partial charge is 0.248 e. The zero-order valence-electron chi connectivity index (χ0n) is 13.2. The fourth-order valence-corrected chi connectivity index (χ4v) is 3.12. The standard InChI is InChI=1S/C19H22N2O2/c20-19(23)18-8-7-17(21-9-1-2-10-21)12-16(18)11-14-3-5-15(13-22)6-4-14/h3-8,12,22H,1-2,9-11,13H2,(H2,20,23). The van der Waals surface area contributed by atoms with Crippen LogP contribution in [0.5, 0.6) is 0 Å². The summed E-state index contributed by atoms with van der Waals surface area (Å²) < 4.78 is 0. The lowest BCUT2D eigenvalue weighted by Crippen LogP contribution is -2.19. The summed E-state index contributed by atoms with van der Waals surface area (Å²) in [6.07, 6.45) is 3.09. The average molecular weight is 310 g/mol. The van der Waals surface area contributed by atoms with Crippen LogP contribution < -0.4 is 10.6 Å². The van der Waals surface area contributed by atoms with Crippen molar-refractivity contribution in [3.05, 3.63) is 64.7 Å². The topological polar surface area (TPSA) is 66.6 Å². The summed E-state index contributed by atoms with van der Waals surface area (Å²) in [5, 5.41) is 9.13. The number of amides is 1. The highest BCUT2D eigenvalue weighted by Gasteiger charge is 2.16. The van der Waals surface area contributed by atoms with Gasteiger partial charge in [0.25, 0.3) is 0 Å². The van der Waals surface area contributed by atoms with E-state index in [2.05, 4.69) is 11.0 Å². The number of aliphatic hydroxyl groups excluding tert-OH is 1. The van der Waals surface area contributed by atoms with Gasteiger partial charge >= 0.3 is 0 Å². The van der Waals surface area contributed by atoms with Crippen LogP contribution in [0.2, 0.25) is 0 Å². The highest BCUT2D eigenvalue weighted by molar-refractivity contribution is 5.95. The highest BCUT2D eigenvalue weighted by Crippen LogP contribution is 2.25. The number of nitrogens with zero attached hydrogens (tertiary/aromatic N) is 1. The number of carbonyl (C=O) groups is 1. The Kier molecular flexibility index (Phi) is 4.63.